The molecule has 4 atom stereocenters. The Labute approximate surface area is 75.5 Å². The molecule has 1 saturated carbocycles. The van der Waals surface area contributed by atoms with E-state index >= 15 is 0 Å². The molecule has 1 rings (SSSR count). The van der Waals surface area contributed by atoms with Crippen LogP contribution in [0.1, 0.15) is 40.5 Å². The normalized spacial score (nSPS) is 47.8. The van der Waals surface area contributed by atoms with Crippen molar-refractivity contribution >= 4 is 6.29 Å². The third-order valence-electron chi connectivity index (χ3n) is 4.25. The second kappa shape index (κ2) is 3.20. The minimum Gasteiger partial charge on any atom is -0.303 e. The molecule has 1 fully saturated rings. The Kier molecular flexibility index (Phi) is 2.60. The van der Waals surface area contributed by atoms with Crippen LogP contribution in [0, 0.1) is 23.2 Å². The third-order valence-corrected chi connectivity index (χ3v) is 4.25. The van der Waals surface area contributed by atoms with Gasteiger partial charge in [0, 0.05) is 5.92 Å². The van der Waals surface area contributed by atoms with Crippen LogP contribution in [0.15, 0.2) is 0 Å². The summed E-state index contributed by atoms with van der Waals surface area (Å²) in [4.78, 5) is 10.8. The second-order valence-corrected chi connectivity index (χ2v) is 4.66. The van der Waals surface area contributed by atoms with Crippen molar-refractivity contribution in [2.24, 2.45) is 23.2 Å². The van der Waals surface area contributed by atoms with Crippen molar-refractivity contribution in [1.82, 2.24) is 0 Å². The van der Waals surface area contributed by atoms with E-state index in [1.165, 1.54) is 6.42 Å². The van der Waals surface area contributed by atoms with E-state index in [9.17, 15) is 4.79 Å². The average Bonchev–Trinajstić information content (AvgIpc) is 2.31. The van der Waals surface area contributed by atoms with Gasteiger partial charge in [0.05, 0.1) is 0 Å². The lowest BCUT2D eigenvalue weighted by Gasteiger charge is -2.28. The molecule has 1 nitrogen and oxygen atoms in total. The van der Waals surface area contributed by atoms with Crippen molar-refractivity contribution in [2.75, 3.05) is 0 Å². The Morgan fingerprint density at radius 2 is 2.08 bits per heavy atom. The molecule has 0 radical (unpaired) electrons. The van der Waals surface area contributed by atoms with Gasteiger partial charge < -0.3 is 4.79 Å². The number of hydrogen-bond acceptors (Lipinski definition) is 1. The number of aldehydes is 1. The second-order valence-electron chi connectivity index (χ2n) is 4.66. The van der Waals surface area contributed by atoms with E-state index in [2.05, 4.69) is 27.7 Å². The maximum absolute atomic E-state index is 10.8. The predicted molar refractivity (Wildman–Crippen MR) is 50.9 cm³/mol. The lowest BCUT2D eigenvalue weighted by molar-refractivity contribution is -0.112. The smallest absolute Gasteiger partial charge is 0.123 e. The topological polar surface area (TPSA) is 17.1 Å². The summed E-state index contributed by atoms with van der Waals surface area (Å²) in [6.07, 6.45) is 3.44. The minimum absolute atomic E-state index is 0.310. The zero-order chi connectivity index (χ0) is 9.35. The lowest BCUT2D eigenvalue weighted by Crippen LogP contribution is -2.20. The molecular formula is C11H20O. The zero-order valence-corrected chi connectivity index (χ0v) is 8.63. The fourth-order valence-electron chi connectivity index (χ4n) is 2.55. The van der Waals surface area contributed by atoms with Crippen LogP contribution in [0.3, 0.4) is 0 Å². The number of carbonyl (C=O) groups excluding carboxylic acids is 1. The lowest BCUT2D eigenvalue weighted by atomic mass is 9.77. The maximum Gasteiger partial charge on any atom is 0.123 e. The molecule has 0 heterocycles. The van der Waals surface area contributed by atoms with E-state index in [-0.39, 0.29) is 0 Å². The van der Waals surface area contributed by atoms with Crippen LogP contribution in [0.5, 0.6) is 0 Å². The summed E-state index contributed by atoms with van der Waals surface area (Å²) in [5, 5.41) is 0. The van der Waals surface area contributed by atoms with E-state index in [1.54, 1.807) is 0 Å². The van der Waals surface area contributed by atoms with Gasteiger partial charge in [0.1, 0.15) is 6.29 Å². The van der Waals surface area contributed by atoms with E-state index in [0.29, 0.717) is 23.2 Å². The van der Waals surface area contributed by atoms with Crippen LogP contribution in [0.25, 0.3) is 0 Å². The SMILES string of the molecule is CCC1(C)CC(C=O)C(C)C1C. The highest BCUT2D eigenvalue weighted by atomic mass is 16.1. The largest absolute Gasteiger partial charge is 0.303 e. The summed E-state index contributed by atoms with van der Waals surface area (Å²) in [7, 11) is 0. The summed E-state index contributed by atoms with van der Waals surface area (Å²) in [5.74, 6) is 1.58. The molecule has 0 aromatic carbocycles. The molecule has 4 unspecified atom stereocenters. The Bertz CT molecular complexity index is 176. The summed E-state index contributed by atoms with van der Waals surface area (Å²) < 4.78 is 0. The van der Waals surface area contributed by atoms with Gasteiger partial charge in [0.2, 0.25) is 0 Å². The molecule has 0 spiro atoms. The van der Waals surface area contributed by atoms with Crippen LogP contribution in [-0.2, 0) is 4.79 Å². The van der Waals surface area contributed by atoms with E-state index in [1.807, 2.05) is 0 Å². The van der Waals surface area contributed by atoms with Crippen LogP contribution < -0.4 is 0 Å². The van der Waals surface area contributed by atoms with Gasteiger partial charge in [0.15, 0.2) is 0 Å². The van der Waals surface area contributed by atoms with Crippen LogP contribution in [0.4, 0.5) is 0 Å². The monoisotopic (exact) mass is 168 g/mol. The van der Waals surface area contributed by atoms with Crippen LogP contribution in [-0.4, -0.2) is 6.29 Å². The van der Waals surface area contributed by atoms with Crippen LogP contribution >= 0.6 is 0 Å². The van der Waals surface area contributed by atoms with Crippen molar-refractivity contribution in [3.63, 3.8) is 0 Å². The van der Waals surface area contributed by atoms with Gasteiger partial charge in [-0.2, -0.15) is 0 Å². The number of rotatable bonds is 2. The van der Waals surface area contributed by atoms with Crippen LogP contribution in [0.2, 0.25) is 0 Å². The first-order valence-electron chi connectivity index (χ1n) is 5.00. The standard InChI is InChI=1S/C11H20O/c1-5-11(4)6-10(7-12)8(2)9(11)3/h7-10H,5-6H2,1-4H3. The molecule has 0 aliphatic heterocycles. The molecule has 0 bridgehead atoms. The molecule has 1 aliphatic rings. The van der Waals surface area contributed by atoms with Crippen molar-refractivity contribution < 1.29 is 4.79 Å². The first kappa shape index (κ1) is 9.76. The summed E-state index contributed by atoms with van der Waals surface area (Å²) in [6, 6.07) is 0. The van der Waals surface area contributed by atoms with Gasteiger partial charge in [0.25, 0.3) is 0 Å². The zero-order valence-electron chi connectivity index (χ0n) is 8.63. The molecular weight excluding hydrogens is 148 g/mol. The first-order chi connectivity index (χ1) is 5.55. The van der Waals surface area contributed by atoms with Gasteiger partial charge in [-0.15, -0.1) is 0 Å². The van der Waals surface area contributed by atoms with Gasteiger partial charge in [-0.1, -0.05) is 34.1 Å². The quantitative estimate of drug-likeness (QED) is 0.579. The highest BCUT2D eigenvalue weighted by molar-refractivity contribution is 5.55. The van der Waals surface area contributed by atoms with Gasteiger partial charge >= 0.3 is 0 Å². The molecule has 0 amide bonds. The molecule has 12 heavy (non-hydrogen) atoms. The molecule has 70 valence electrons. The van der Waals surface area contributed by atoms with E-state index in [0.717, 1.165) is 12.7 Å². The summed E-state index contributed by atoms with van der Waals surface area (Å²) in [5.41, 5.74) is 0.408. The van der Waals surface area contributed by atoms with Gasteiger partial charge in [-0.3, -0.25) is 0 Å². The molecule has 1 heteroatoms. The molecule has 0 aromatic heterocycles. The van der Waals surface area contributed by atoms with E-state index < -0.39 is 0 Å². The van der Waals surface area contributed by atoms with Crippen molar-refractivity contribution in [3.05, 3.63) is 0 Å². The number of hydrogen-bond donors (Lipinski definition) is 0. The predicted octanol–water partition coefficient (Wildman–Crippen LogP) is 2.89. The fourth-order valence-corrected chi connectivity index (χ4v) is 2.55. The fraction of sp³-hybridized carbons (Fsp3) is 0.909. The van der Waals surface area contributed by atoms with Gasteiger partial charge in [-0.25, -0.2) is 0 Å². The Hall–Kier alpha value is -0.330. The molecule has 0 aromatic rings. The molecule has 0 saturated heterocycles. The maximum atomic E-state index is 10.8. The highest BCUT2D eigenvalue weighted by Gasteiger charge is 2.44. The Balaban J connectivity index is 2.79. The van der Waals surface area contributed by atoms with Gasteiger partial charge in [-0.05, 0) is 23.7 Å². The minimum atomic E-state index is 0.310. The van der Waals surface area contributed by atoms with Crippen molar-refractivity contribution in [1.29, 1.82) is 0 Å². The Morgan fingerprint density at radius 1 is 1.50 bits per heavy atom. The third kappa shape index (κ3) is 1.30. The van der Waals surface area contributed by atoms with E-state index in [4.69, 9.17) is 0 Å². The Morgan fingerprint density at radius 3 is 2.33 bits per heavy atom. The number of carbonyl (C=O) groups is 1. The molecule has 0 N–H and O–H groups in total. The highest BCUT2D eigenvalue weighted by Crippen LogP contribution is 2.50. The molecule has 1 aliphatic carbocycles. The first-order valence-corrected chi connectivity index (χ1v) is 5.00. The van der Waals surface area contributed by atoms with Crippen molar-refractivity contribution in [3.8, 4) is 0 Å². The summed E-state index contributed by atoms with van der Waals surface area (Å²) >= 11 is 0. The summed E-state index contributed by atoms with van der Waals surface area (Å²) in [6.45, 7) is 9.05. The average molecular weight is 168 g/mol. The van der Waals surface area contributed by atoms with Crippen molar-refractivity contribution in [2.45, 2.75) is 40.5 Å².